The van der Waals surface area contributed by atoms with Gasteiger partial charge in [-0.15, -0.1) is 0 Å². The van der Waals surface area contributed by atoms with Crippen molar-refractivity contribution in [3.8, 4) is 0 Å². The summed E-state index contributed by atoms with van der Waals surface area (Å²) >= 11 is 6.07. The van der Waals surface area contributed by atoms with Crippen LogP contribution < -0.4 is 0 Å². The van der Waals surface area contributed by atoms with Crippen LogP contribution in [0.4, 0.5) is 0 Å². The van der Waals surface area contributed by atoms with Crippen LogP contribution in [0, 0.1) is 0 Å². The molecule has 0 bridgehead atoms. The van der Waals surface area contributed by atoms with Crippen LogP contribution >= 0.6 is 11.6 Å². The monoisotopic (exact) mass is 413 g/mol. The highest BCUT2D eigenvalue weighted by molar-refractivity contribution is 6.38. The molecular formula is C21H16ClNO6. The van der Waals surface area contributed by atoms with E-state index in [0.29, 0.717) is 28.6 Å². The van der Waals surface area contributed by atoms with Crippen molar-refractivity contribution in [2.24, 2.45) is 0 Å². The predicted octanol–water partition coefficient (Wildman–Crippen LogP) is 3.68. The van der Waals surface area contributed by atoms with E-state index in [1.807, 2.05) is 4.57 Å². The van der Waals surface area contributed by atoms with Gasteiger partial charge in [-0.05, 0) is 35.9 Å². The molecule has 3 aromatic rings. The van der Waals surface area contributed by atoms with Crippen molar-refractivity contribution < 1.29 is 29.3 Å². The number of aliphatic hydroxyl groups is 1. The Morgan fingerprint density at radius 3 is 2.41 bits per heavy atom. The summed E-state index contributed by atoms with van der Waals surface area (Å²) in [6, 6.07) is 11.9. The first kappa shape index (κ1) is 20.2. The number of ether oxygens (including phenoxy) is 1. The van der Waals surface area contributed by atoms with Gasteiger partial charge in [-0.25, -0.2) is 9.59 Å². The minimum Gasteiger partial charge on any atom is -0.507 e. The first-order chi connectivity index (χ1) is 13.8. The van der Waals surface area contributed by atoms with E-state index in [4.69, 9.17) is 16.7 Å². The number of hydrogen-bond acceptors (Lipinski definition) is 5. The van der Waals surface area contributed by atoms with E-state index in [0.717, 1.165) is 11.1 Å². The summed E-state index contributed by atoms with van der Waals surface area (Å²) in [6.07, 6.45) is 2.27. The van der Waals surface area contributed by atoms with E-state index < -0.39 is 23.5 Å². The molecule has 1 heterocycles. The summed E-state index contributed by atoms with van der Waals surface area (Å²) in [7, 11) is 1.31. The molecule has 0 saturated carbocycles. The number of esters is 1. The van der Waals surface area contributed by atoms with Gasteiger partial charge in [0.25, 0.3) is 5.78 Å². The lowest BCUT2D eigenvalue weighted by Gasteiger charge is -2.07. The summed E-state index contributed by atoms with van der Waals surface area (Å²) in [5, 5.41) is 20.0. The number of aliphatic hydroxyl groups excluding tert-OH is 1. The lowest BCUT2D eigenvalue weighted by atomic mass is 10.1. The molecule has 148 valence electrons. The molecule has 3 rings (SSSR count). The van der Waals surface area contributed by atoms with Gasteiger partial charge in [0.2, 0.25) is 0 Å². The fourth-order valence-electron chi connectivity index (χ4n) is 2.93. The first-order valence-electron chi connectivity index (χ1n) is 8.44. The Hall–Kier alpha value is -3.58. The molecule has 0 saturated heterocycles. The molecule has 1 aromatic heterocycles. The van der Waals surface area contributed by atoms with Crippen molar-refractivity contribution in [2.75, 3.05) is 7.11 Å². The lowest BCUT2D eigenvalue weighted by molar-refractivity contribution is -0.146. The third kappa shape index (κ3) is 4.30. The number of rotatable bonds is 6. The average Bonchev–Trinajstić information content (AvgIpc) is 3.05. The molecule has 7 nitrogen and oxygen atoms in total. The van der Waals surface area contributed by atoms with E-state index in [2.05, 4.69) is 4.74 Å². The van der Waals surface area contributed by atoms with Gasteiger partial charge in [-0.1, -0.05) is 23.7 Å². The number of fused-ring (bicyclic) bond motifs is 1. The van der Waals surface area contributed by atoms with Crippen LogP contribution in [0.15, 0.2) is 54.7 Å². The molecular weight excluding hydrogens is 398 g/mol. The molecule has 0 aliphatic rings. The first-order valence-corrected chi connectivity index (χ1v) is 8.82. The number of methoxy groups -OCH3 is 1. The molecule has 0 atom stereocenters. The van der Waals surface area contributed by atoms with Crippen LogP contribution in [-0.2, 0) is 20.9 Å². The second-order valence-corrected chi connectivity index (χ2v) is 6.66. The number of aromatic nitrogens is 1. The van der Waals surface area contributed by atoms with Crippen LogP contribution in [0.25, 0.3) is 16.7 Å². The number of benzene rings is 2. The third-order valence-electron chi connectivity index (χ3n) is 4.33. The zero-order valence-electron chi connectivity index (χ0n) is 15.3. The Bertz CT molecular complexity index is 1140. The molecule has 0 aliphatic carbocycles. The van der Waals surface area contributed by atoms with Crippen molar-refractivity contribution in [1.82, 2.24) is 4.57 Å². The van der Waals surface area contributed by atoms with E-state index in [1.54, 1.807) is 48.7 Å². The summed E-state index contributed by atoms with van der Waals surface area (Å²) < 4.78 is 6.50. The Balaban J connectivity index is 2.02. The number of carboxylic acids is 1. The maximum atomic E-state index is 11.6. The molecule has 8 heteroatoms. The predicted molar refractivity (Wildman–Crippen MR) is 107 cm³/mol. The van der Waals surface area contributed by atoms with Gasteiger partial charge in [0, 0.05) is 40.3 Å². The summed E-state index contributed by atoms with van der Waals surface area (Å²) in [5.74, 6) is -3.80. The molecule has 0 radical (unpaired) electrons. The van der Waals surface area contributed by atoms with Crippen LogP contribution in [0.3, 0.4) is 0 Å². The highest BCUT2D eigenvalue weighted by Gasteiger charge is 2.16. The lowest BCUT2D eigenvalue weighted by Crippen LogP contribution is -2.09. The van der Waals surface area contributed by atoms with Crippen molar-refractivity contribution in [3.05, 3.63) is 76.5 Å². The van der Waals surface area contributed by atoms with Gasteiger partial charge < -0.3 is 19.5 Å². The zero-order valence-corrected chi connectivity index (χ0v) is 16.0. The summed E-state index contributed by atoms with van der Waals surface area (Å²) in [5.41, 5.74) is 2.31. The fraction of sp³-hybridized carbons (Fsp3) is 0.0952. The highest BCUT2D eigenvalue weighted by Crippen LogP contribution is 2.29. The van der Waals surface area contributed by atoms with Gasteiger partial charge in [-0.3, -0.25) is 4.79 Å². The normalized spacial score (nSPS) is 11.4. The minimum absolute atomic E-state index is 0.281. The second-order valence-electron chi connectivity index (χ2n) is 6.22. The van der Waals surface area contributed by atoms with Gasteiger partial charge in [-0.2, -0.15) is 0 Å². The number of ketones is 1. The minimum atomic E-state index is -1.66. The van der Waals surface area contributed by atoms with E-state index in [1.165, 1.54) is 7.11 Å². The second kappa shape index (κ2) is 8.20. The van der Waals surface area contributed by atoms with Crippen molar-refractivity contribution in [1.29, 1.82) is 0 Å². The highest BCUT2D eigenvalue weighted by atomic mass is 35.5. The van der Waals surface area contributed by atoms with E-state index in [-0.39, 0.29) is 5.56 Å². The SMILES string of the molecule is COC(=O)c1ccc(Cn2cc(C(O)=CC(=O)C(=O)O)c3cc(Cl)ccc32)cc1. The molecule has 0 amide bonds. The van der Waals surface area contributed by atoms with Gasteiger partial charge in [0.1, 0.15) is 5.76 Å². The number of aliphatic carboxylic acids is 1. The van der Waals surface area contributed by atoms with E-state index in [9.17, 15) is 19.5 Å². The van der Waals surface area contributed by atoms with Crippen molar-refractivity contribution in [3.63, 3.8) is 0 Å². The molecule has 0 aliphatic heterocycles. The van der Waals surface area contributed by atoms with Crippen LogP contribution in [0.1, 0.15) is 21.5 Å². The van der Waals surface area contributed by atoms with Gasteiger partial charge >= 0.3 is 11.9 Å². The number of halogens is 1. The summed E-state index contributed by atoms with van der Waals surface area (Å²) in [6.45, 7) is 0.403. The Morgan fingerprint density at radius 1 is 1.10 bits per heavy atom. The number of carbonyl (C=O) groups excluding carboxylic acids is 2. The Morgan fingerprint density at radius 2 is 1.79 bits per heavy atom. The van der Waals surface area contributed by atoms with E-state index >= 15 is 0 Å². The smallest absolute Gasteiger partial charge is 0.376 e. The van der Waals surface area contributed by atoms with Crippen LogP contribution in [0.5, 0.6) is 0 Å². The number of carboxylic acid groups (broad SMARTS) is 1. The molecule has 0 spiro atoms. The maximum absolute atomic E-state index is 11.6. The number of hydrogen-bond donors (Lipinski definition) is 2. The van der Waals surface area contributed by atoms with Crippen LogP contribution in [0.2, 0.25) is 5.02 Å². The Kier molecular flexibility index (Phi) is 5.70. The fourth-order valence-corrected chi connectivity index (χ4v) is 3.10. The number of nitrogens with zero attached hydrogens (tertiary/aromatic N) is 1. The molecule has 2 N–H and O–H groups in total. The van der Waals surface area contributed by atoms with Gasteiger partial charge in [0.15, 0.2) is 0 Å². The standard InChI is InChI=1S/C21H16ClNO6/c1-29-21(28)13-4-2-12(3-5-13)10-23-11-16(18(24)9-19(25)20(26)27)15-8-14(22)6-7-17(15)23/h2-9,11,24H,10H2,1H3,(H,26,27). The van der Waals surface area contributed by atoms with Crippen molar-refractivity contribution in [2.45, 2.75) is 6.54 Å². The molecule has 2 aromatic carbocycles. The molecule has 0 unspecified atom stereocenters. The van der Waals surface area contributed by atoms with Gasteiger partial charge in [0.05, 0.1) is 12.7 Å². The Labute approximate surface area is 170 Å². The third-order valence-corrected chi connectivity index (χ3v) is 4.56. The largest absolute Gasteiger partial charge is 0.507 e. The number of carbonyl (C=O) groups is 3. The summed E-state index contributed by atoms with van der Waals surface area (Å²) in [4.78, 5) is 33.8. The van der Waals surface area contributed by atoms with Crippen molar-refractivity contribution >= 4 is 46.0 Å². The zero-order chi connectivity index (χ0) is 21.1. The molecule has 29 heavy (non-hydrogen) atoms. The topological polar surface area (TPSA) is 106 Å². The maximum Gasteiger partial charge on any atom is 0.376 e. The van der Waals surface area contributed by atoms with Crippen LogP contribution in [-0.4, -0.2) is 39.6 Å². The average molecular weight is 414 g/mol. The molecule has 0 fully saturated rings. The quantitative estimate of drug-likeness (QED) is 0.276.